The van der Waals surface area contributed by atoms with Gasteiger partial charge in [0, 0.05) is 11.6 Å². The van der Waals surface area contributed by atoms with Crippen LogP contribution in [0.15, 0.2) is 24.3 Å². The normalized spacial score (nSPS) is 24.5. The number of hydrogen-bond donors (Lipinski definition) is 0. The minimum Gasteiger partial charge on any atom is -0.308 e. The second-order valence-corrected chi connectivity index (χ2v) is 9.17. The zero-order valence-electron chi connectivity index (χ0n) is 13.7. The van der Waals surface area contributed by atoms with Crippen molar-refractivity contribution in [2.24, 2.45) is 5.92 Å². The van der Waals surface area contributed by atoms with Gasteiger partial charge >= 0.3 is 0 Å². The second kappa shape index (κ2) is 6.63. The highest BCUT2D eigenvalue weighted by molar-refractivity contribution is 7.91. The molecule has 1 heterocycles. The summed E-state index contributed by atoms with van der Waals surface area (Å²) in [6.45, 7) is 2.00. The molecule has 0 spiro atoms. The third kappa shape index (κ3) is 3.77. The number of amides is 1. The standard InChI is InChI=1S/C18H25NO3S/c1-14-6-5-9-16(12-14)19(17-10-11-23(21,22)13-17)18(20)15-7-3-2-4-8-15/h5-6,9,12,15,17H,2-4,7-8,10-11,13H2,1H3. The molecular formula is C18H25NO3S. The van der Waals surface area contributed by atoms with Gasteiger partial charge in [-0.05, 0) is 43.9 Å². The molecule has 0 N–H and O–H groups in total. The quantitative estimate of drug-likeness (QED) is 0.853. The van der Waals surface area contributed by atoms with Crippen LogP contribution in [0.4, 0.5) is 5.69 Å². The first kappa shape index (κ1) is 16.5. The Morgan fingerprint density at radius 2 is 1.87 bits per heavy atom. The minimum absolute atomic E-state index is 0.0487. The lowest BCUT2D eigenvalue weighted by atomic mass is 9.87. The third-order valence-corrected chi connectivity index (χ3v) is 6.80. The van der Waals surface area contributed by atoms with Crippen LogP contribution in [0.5, 0.6) is 0 Å². The van der Waals surface area contributed by atoms with E-state index in [0.717, 1.165) is 36.9 Å². The van der Waals surface area contributed by atoms with Crippen LogP contribution in [0.1, 0.15) is 44.1 Å². The van der Waals surface area contributed by atoms with E-state index in [1.54, 1.807) is 4.90 Å². The van der Waals surface area contributed by atoms with E-state index in [2.05, 4.69) is 0 Å². The molecule has 2 aliphatic rings. The number of anilines is 1. The van der Waals surface area contributed by atoms with Crippen molar-refractivity contribution >= 4 is 21.4 Å². The third-order valence-electron chi connectivity index (χ3n) is 5.05. The highest BCUT2D eigenvalue weighted by Crippen LogP contribution is 2.31. The van der Waals surface area contributed by atoms with Crippen LogP contribution in [0.3, 0.4) is 0 Å². The van der Waals surface area contributed by atoms with Gasteiger partial charge in [-0.15, -0.1) is 0 Å². The van der Waals surface area contributed by atoms with Crippen molar-refractivity contribution in [1.29, 1.82) is 0 Å². The molecular weight excluding hydrogens is 310 g/mol. The van der Waals surface area contributed by atoms with Gasteiger partial charge in [0.15, 0.2) is 9.84 Å². The summed E-state index contributed by atoms with van der Waals surface area (Å²) in [5.41, 5.74) is 1.94. The first-order valence-electron chi connectivity index (χ1n) is 8.56. The van der Waals surface area contributed by atoms with E-state index in [1.165, 1.54) is 6.42 Å². The van der Waals surface area contributed by atoms with Crippen molar-refractivity contribution in [3.8, 4) is 0 Å². The Balaban J connectivity index is 1.91. The molecule has 126 valence electrons. The molecule has 1 saturated carbocycles. The van der Waals surface area contributed by atoms with Crippen LogP contribution in [-0.2, 0) is 14.6 Å². The average Bonchev–Trinajstić information content (AvgIpc) is 2.88. The van der Waals surface area contributed by atoms with Crippen LogP contribution in [-0.4, -0.2) is 31.9 Å². The fourth-order valence-corrected chi connectivity index (χ4v) is 5.52. The lowest BCUT2D eigenvalue weighted by molar-refractivity contribution is -0.123. The highest BCUT2D eigenvalue weighted by Gasteiger charge is 2.38. The number of rotatable bonds is 3. The average molecular weight is 335 g/mol. The van der Waals surface area contributed by atoms with Crippen LogP contribution >= 0.6 is 0 Å². The molecule has 1 atom stereocenters. The molecule has 23 heavy (non-hydrogen) atoms. The molecule has 5 heteroatoms. The fourth-order valence-electron chi connectivity index (χ4n) is 3.82. The molecule has 0 aromatic heterocycles. The number of benzene rings is 1. The van der Waals surface area contributed by atoms with E-state index in [-0.39, 0.29) is 29.4 Å². The van der Waals surface area contributed by atoms with E-state index >= 15 is 0 Å². The first-order valence-corrected chi connectivity index (χ1v) is 10.4. The Labute approximate surface area is 138 Å². The van der Waals surface area contributed by atoms with Crippen molar-refractivity contribution in [3.05, 3.63) is 29.8 Å². The zero-order chi connectivity index (χ0) is 16.4. The van der Waals surface area contributed by atoms with Crippen LogP contribution in [0, 0.1) is 12.8 Å². The summed E-state index contributed by atoms with van der Waals surface area (Å²) in [7, 11) is -3.02. The van der Waals surface area contributed by atoms with Crippen molar-refractivity contribution in [2.45, 2.75) is 51.5 Å². The summed E-state index contributed by atoms with van der Waals surface area (Å²) in [5, 5.41) is 0. The zero-order valence-corrected chi connectivity index (χ0v) is 14.5. The maximum Gasteiger partial charge on any atom is 0.230 e. The van der Waals surface area contributed by atoms with Gasteiger partial charge in [-0.3, -0.25) is 4.79 Å². The van der Waals surface area contributed by atoms with Crippen molar-refractivity contribution in [3.63, 3.8) is 0 Å². The van der Waals surface area contributed by atoms with E-state index in [9.17, 15) is 13.2 Å². The Morgan fingerprint density at radius 3 is 2.48 bits per heavy atom. The summed E-state index contributed by atoms with van der Waals surface area (Å²) in [6, 6.07) is 7.65. The Morgan fingerprint density at radius 1 is 1.13 bits per heavy atom. The topological polar surface area (TPSA) is 54.5 Å². The molecule has 0 radical (unpaired) electrons. The maximum atomic E-state index is 13.1. The number of aryl methyl sites for hydroxylation is 1. The predicted octanol–water partition coefficient (Wildman–Crippen LogP) is 3.10. The van der Waals surface area contributed by atoms with Crippen molar-refractivity contribution in [1.82, 2.24) is 0 Å². The first-order chi connectivity index (χ1) is 11.0. The summed E-state index contributed by atoms with van der Waals surface area (Å²) >= 11 is 0. The lowest BCUT2D eigenvalue weighted by Crippen LogP contribution is -2.45. The number of hydrogen-bond acceptors (Lipinski definition) is 3. The summed E-state index contributed by atoms with van der Waals surface area (Å²) in [4.78, 5) is 14.9. The highest BCUT2D eigenvalue weighted by atomic mass is 32.2. The smallest absolute Gasteiger partial charge is 0.230 e. The second-order valence-electron chi connectivity index (χ2n) is 6.94. The van der Waals surface area contributed by atoms with Gasteiger partial charge in [0.05, 0.1) is 17.5 Å². The monoisotopic (exact) mass is 335 g/mol. The van der Waals surface area contributed by atoms with Gasteiger partial charge in [0.1, 0.15) is 0 Å². The largest absolute Gasteiger partial charge is 0.308 e. The SMILES string of the molecule is Cc1cccc(N(C(=O)C2CCCCC2)C2CCS(=O)(=O)C2)c1. The minimum atomic E-state index is -3.02. The van der Waals surface area contributed by atoms with Crippen LogP contribution < -0.4 is 4.90 Å². The summed E-state index contributed by atoms with van der Waals surface area (Å²) in [5.74, 6) is 0.460. The van der Waals surface area contributed by atoms with Gasteiger partial charge < -0.3 is 4.90 Å². The number of nitrogens with zero attached hydrogens (tertiary/aromatic N) is 1. The molecule has 4 nitrogen and oxygen atoms in total. The lowest BCUT2D eigenvalue weighted by Gasteiger charge is -2.33. The fraction of sp³-hybridized carbons (Fsp3) is 0.611. The Hall–Kier alpha value is -1.36. The van der Waals surface area contributed by atoms with Gasteiger partial charge in [0.25, 0.3) is 0 Å². The molecule has 1 unspecified atom stereocenters. The number of sulfone groups is 1. The van der Waals surface area contributed by atoms with Crippen molar-refractivity contribution < 1.29 is 13.2 Å². The van der Waals surface area contributed by atoms with Crippen molar-refractivity contribution in [2.75, 3.05) is 16.4 Å². The van der Waals surface area contributed by atoms with E-state index in [1.807, 2.05) is 31.2 Å². The molecule has 2 fully saturated rings. The van der Waals surface area contributed by atoms with Gasteiger partial charge in [-0.25, -0.2) is 8.42 Å². The van der Waals surface area contributed by atoms with Crippen LogP contribution in [0.2, 0.25) is 0 Å². The number of carbonyl (C=O) groups is 1. The Bertz CT molecular complexity index is 677. The van der Waals surface area contributed by atoms with Crippen LogP contribution in [0.25, 0.3) is 0 Å². The predicted molar refractivity (Wildman–Crippen MR) is 92.3 cm³/mol. The molecule has 1 aromatic rings. The van der Waals surface area contributed by atoms with Gasteiger partial charge in [-0.1, -0.05) is 31.4 Å². The van der Waals surface area contributed by atoms with E-state index in [0.29, 0.717) is 6.42 Å². The molecule has 0 bridgehead atoms. The molecule has 3 rings (SSSR count). The number of carbonyl (C=O) groups excluding carboxylic acids is 1. The Kier molecular flexibility index (Phi) is 4.76. The molecule has 1 saturated heterocycles. The van der Waals surface area contributed by atoms with E-state index in [4.69, 9.17) is 0 Å². The molecule has 1 aromatic carbocycles. The summed E-state index contributed by atoms with van der Waals surface area (Å²) < 4.78 is 23.8. The maximum absolute atomic E-state index is 13.1. The molecule has 1 aliphatic heterocycles. The molecule has 1 amide bonds. The van der Waals surface area contributed by atoms with Gasteiger partial charge in [-0.2, -0.15) is 0 Å². The molecule has 1 aliphatic carbocycles. The van der Waals surface area contributed by atoms with E-state index < -0.39 is 9.84 Å². The summed E-state index contributed by atoms with van der Waals surface area (Å²) in [6.07, 6.45) is 5.81. The van der Waals surface area contributed by atoms with Gasteiger partial charge in [0.2, 0.25) is 5.91 Å².